The maximum atomic E-state index is 10.7. The number of hydrogen-bond donors (Lipinski definition) is 0. The molecule has 17 heavy (non-hydrogen) atoms. The first-order chi connectivity index (χ1) is 8.27. The van der Waals surface area contributed by atoms with Gasteiger partial charge in [0, 0.05) is 12.1 Å². The van der Waals surface area contributed by atoms with Crippen LogP contribution in [0.3, 0.4) is 0 Å². The fraction of sp³-hybridized carbons (Fsp3) is 0. The van der Waals surface area contributed by atoms with Gasteiger partial charge in [0.25, 0.3) is 5.69 Å². The molecule has 0 aliphatic carbocycles. The molecule has 0 aromatic heterocycles. The van der Waals surface area contributed by atoms with E-state index < -0.39 is 4.92 Å². The third-order valence-electron chi connectivity index (χ3n) is 2.04. The van der Waals surface area contributed by atoms with Crippen molar-refractivity contribution in [1.82, 2.24) is 0 Å². The number of nitro benzene ring substituents is 1. The summed E-state index contributed by atoms with van der Waals surface area (Å²) in [5, 5.41) is 18.5. The summed E-state index contributed by atoms with van der Waals surface area (Å²) in [5.41, 5.74) is 0.701. The van der Waals surface area contributed by atoms with Crippen LogP contribution in [-0.4, -0.2) is 4.92 Å². The lowest BCUT2D eigenvalue weighted by molar-refractivity contribution is -0.384. The van der Waals surface area contributed by atoms with Crippen LogP contribution < -0.4 is 0 Å². The van der Waals surface area contributed by atoms with Crippen molar-refractivity contribution in [2.45, 2.75) is 0 Å². The van der Waals surface area contributed by atoms with E-state index in [9.17, 15) is 10.1 Å². The Kier molecular flexibility index (Phi) is 3.20. The molecule has 0 aliphatic rings. The Balaban J connectivity index is 2.30. The molecule has 0 amide bonds. The van der Waals surface area contributed by atoms with Gasteiger partial charge in [0.05, 0.1) is 10.6 Å². The average molecular weight is 226 g/mol. The molecule has 0 heterocycles. The number of hydrogen-bond acceptors (Lipinski definition) is 4. The molecule has 0 saturated carbocycles. The van der Waals surface area contributed by atoms with Crippen LogP contribution in [0.2, 0.25) is 0 Å². The van der Waals surface area contributed by atoms with Gasteiger partial charge in [0.1, 0.15) is 0 Å². The van der Waals surface area contributed by atoms with Gasteiger partial charge in [0.2, 0.25) is 0 Å². The predicted molar refractivity (Wildman–Crippen MR) is 62.6 cm³/mol. The summed E-state index contributed by atoms with van der Waals surface area (Å²) in [5.74, 6) is 0. The van der Waals surface area contributed by atoms with Gasteiger partial charge in [0.15, 0.2) is 5.69 Å². The molecule has 5 nitrogen and oxygen atoms in total. The van der Waals surface area contributed by atoms with Crippen molar-refractivity contribution >= 4 is 17.1 Å². The van der Waals surface area contributed by atoms with E-state index in [1.165, 1.54) is 6.07 Å². The quantitative estimate of drug-likeness (QED) is 0.453. The highest BCUT2D eigenvalue weighted by Crippen LogP contribution is 2.27. The molecule has 2 rings (SSSR count). The standard InChI is InChI=1S/C12H8N3O2/c16-15(17)12-9-5-4-8-11(12)14-13-10-6-2-1-3-7-10/h1-6,8-9H/b14-13+. The lowest BCUT2D eigenvalue weighted by Crippen LogP contribution is -1.86. The summed E-state index contributed by atoms with van der Waals surface area (Å²) in [7, 11) is 0. The fourth-order valence-corrected chi connectivity index (χ4v) is 1.26. The van der Waals surface area contributed by atoms with Gasteiger partial charge >= 0.3 is 0 Å². The highest BCUT2D eigenvalue weighted by atomic mass is 16.6. The molecule has 0 unspecified atom stereocenters. The molecular formula is C12H8N3O2. The molecule has 0 bridgehead atoms. The predicted octanol–water partition coefficient (Wildman–Crippen LogP) is 3.81. The minimum absolute atomic E-state index is 0.0628. The van der Waals surface area contributed by atoms with Gasteiger partial charge in [-0.3, -0.25) is 10.1 Å². The van der Waals surface area contributed by atoms with E-state index in [1.807, 2.05) is 6.07 Å². The third-order valence-corrected chi connectivity index (χ3v) is 2.04. The van der Waals surface area contributed by atoms with Crippen molar-refractivity contribution < 1.29 is 4.92 Å². The SMILES string of the molecule is O=[N+]([O-])c1ccccc1/N=N/c1[c]cccc1. The number of benzene rings is 2. The molecule has 5 heteroatoms. The van der Waals surface area contributed by atoms with E-state index in [0.717, 1.165) is 0 Å². The maximum Gasteiger partial charge on any atom is 0.296 e. The van der Waals surface area contributed by atoms with Crippen LogP contribution in [0.4, 0.5) is 17.1 Å². The van der Waals surface area contributed by atoms with Crippen molar-refractivity contribution in [2.24, 2.45) is 10.2 Å². The van der Waals surface area contributed by atoms with E-state index in [-0.39, 0.29) is 11.4 Å². The Morgan fingerprint density at radius 3 is 2.53 bits per heavy atom. The molecule has 0 saturated heterocycles. The molecule has 0 aliphatic heterocycles. The van der Waals surface area contributed by atoms with Crippen LogP contribution in [0.15, 0.2) is 58.8 Å². The number of rotatable bonds is 3. The minimum Gasteiger partial charge on any atom is -0.258 e. The van der Waals surface area contributed by atoms with Crippen molar-refractivity contribution in [3.8, 4) is 0 Å². The van der Waals surface area contributed by atoms with E-state index in [2.05, 4.69) is 16.3 Å². The van der Waals surface area contributed by atoms with Gasteiger partial charge in [-0.25, -0.2) is 0 Å². The van der Waals surface area contributed by atoms with Gasteiger partial charge in [-0.2, -0.15) is 0 Å². The second-order valence-electron chi connectivity index (χ2n) is 3.19. The fourth-order valence-electron chi connectivity index (χ4n) is 1.26. The van der Waals surface area contributed by atoms with E-state index in [4.69, 9.17) is 0 Å². The summed E-state index contributed by atoms with van der Waals surface area (Å²) in [6, 6.07) is 16.1. The Morgan fingerprint density at radius 1 is 1.06 bits per heavy atom. The van der Waals surface area contributed by atoms with E-state index in [1.54, 1.807) is 36.4 Å². The van der Waals surface area contributed by atoms with Crippen LogP contribution in [0, 0.1) is 16.2 Å². The van der Waals surface area contributed by atoms with E-state index >= 15 is 0 Å². The van der Waals surface area contributed by atoms with Crippen molar-refractivity contribution in [2.75, 3.05) is 0 Å². The zero-order valence-corrected chi connectivity index (χ0v) is 8.78. The second kappa shape index (κ2) is 4.98. The summed E-state index contributed by atoms with van der Waals surface area (Å²) >= 11 is 0. The Hall–Kier alpha value is -2.56. The maximum absolute atomic E-state index is 10.7. The summed E-state index contributed by atoms with van der Waals surface area (Å²) < 4.78 is 0. The number of nitro groups is 1. The molecule has 0 N–H and O–H groups in total. The van der Waals surface area contributed by atoms with Crippen molar-refractivity contribution in [3.63, 3.8) is 0 Å². The molecule has 0 spiro atoms. The minimum atomic E-state index is -0.483. The first kappa shape index (κ1) is 10.9. The van der Waals surface area contributed by atoms with Crippen LogP contribution in [0.25, 0.3) is 0 Å². The lowest BCUT2D eigenvalue weighted by Gasteiger charge is -1.95. The number of nitrogens with zero attached hydrogens (tertiary/aromatic N) is 3. The Labute approximate surface area is 97.6 Å². The lowest BCUT2D eigenvalue weighted by atomic mass is 10.3. The van der Waals surface area contributed by atoms with Gasteiger partial charge in [-0.1, -0.05) is 30.3 Å². The van der Waals surface area contributed by atoms with E-state index in [0.29, 0.717) is 5.69 Å². The zero-order chi connectivity index (χ0) is 12.1. The van der Waals surface area contributed by atoms with Gasteiger partial charge in [-0.05, 0) is 12.1 Å². The molecular weight excluding hydrogens is 218 g/mol. The summed E-state index contributed by atoms with van der Waals surface area (Å²) in [4.78, 5) is 10.2. The largest absolute Gasteiger partial charge is 0.296 e. The molecule has 2 aromatic carbocycles. The Bertz CT molecular complexity index is 553. The van der Waals surface area contributed by atoms with Crippen molar-refractivity contribution in [3.05, 3.63) is 64.7 Å². The van der Waals surface area contributed by atoms with Crippen LogP contribution >= 0.6 is 0 Å². The van der Waals surface area contributed by atoms with Crippen molar-refractivity contribution in [1.29, 1.82) is 0 Å². The summed E-state index contributed by atoms with van der Waals surface area (Å²) in [6.45, 7) is 0. The van der Waals surface area contributed by atoms with Gasteiger partial charge < -0.3 is 0 Å². The number of para-hydroxylation sites is 1. The second-order valence-corrected chi connectivity index (χ2v) is 3.19. The normalized spacial score (nSPS) is 10.6. The number of azo groups is 1. The summed E-state index contributed by atoms with van der Waals surface area (Å²) in [6.07, 6.45) is 0. The first-order valence-corrected chi connectivity index (χ1v) is 4.89. The third kappa shape index (κ3) is 2.72. The monoisotopic (exact) mass is 226 g/mol. The average Bonchev–Trinajstić information content (AvgIpc) is 2.38. The first-order valence-electron chi connectivity index (χ1n) is 4.89. The van der Waals surface area contributed by atoms with Crippen LogP contribution in [0.1, 0.15) is 0 Å². The van der Waals surface area contributed by atoms with Crippen LogP contribution in [0.5, 0.6) is 0 Å². The Morgan fingerprint density at radius 2 is 1.82 bits per heavy atom. The molecule has 0 fully saturated rings. The van der Waals surface area contributed by atoms with Gasteiger partial charge in [-0.15, -0.1) is 10.2 Å². The topological polar surface area (TPSA) is 67.9 Å². The molecule has 2 aromatic rings. The molecule has 1 radical (unpaired) electrons. The smallest absolute Gasteiger partial charge is 0.258 e. The molecule has 83 valence electrons. The van der Waals surface area contributed by atoms with Crippen LogP contribution in [-0.2, 0) is 0 Å². The highest BCUT2D eigenvalue weighted by Gasteiger charge is 2.11. The zero-order valence-electron chi connectivity index (χ0n) is 8.78. The molecule has 0 atom stereocenters. The highest BCUT2D eigenvalue weighted by molar-refractivity contribution is 5.56.